The third-order valence-electron chi connectivity index (χ3n) is 4.16. The van der Waals surface area contributed by atoms with Crippen LogP contribution in [0.3, 0.4) is 0 Å². The Kier molecular flexibility index (Phi) is 4.32. The average molecular weight is 297 g/mol. The molecule has 0 bridgehead atoms. The van der Waals surface area contributed by atoms with E-state index in [1.54, 1.807) is 6.07 Å². The van der Waals surface area contributed by atoms with Gasteiger partial charge in [0.2, 0.25) is 0 Å². The predicted octanol–water partition coefficient (Wildman–Crippen LogP) is 3.00. The summed E-state index contributed by atoms with van der Waals surface area (Å²) in [4.78, 5) is 19.5. The molecule has 0 radical (unpaired) electrons. The van der Waals surface area contributed by atoms with Crippen molar-refractivity contribution in [3.05, 3.63) is 54.0 Å². The summed E-state index contributed by atoms with van der Waals surface area (Å²) in [6, 6.07) is 11.4. The molecule has 0 saturated heterocycles. The van der Waals surface area contributed by atoms with Gasteiger partial charge in [0.1, 0.15) is 5.82 Å². The number of carboxylic acids is 1. The molecule has 0 aliphatic heterocycles. The van der Waals surface area contributed by atoms with Gasteiger partial charge in [0, 0.05) is 17.9 Å². The zero-order valence-corrected chi connectivity index (χ0v) is 12.3. The Morgan fingerprint density at radius 1 is 1.23 bits per heavy atom. The Bertz CT molecular complexity index is 645. The van der Waals surface area contributed by atoms with Gasteiger partial charge >= 0.3 is 5.97 Å². The monoisotopic (exact) mass is 297 g/mol. The molecular weight excluding hydrogens is 278 g/mol. The Morgan fingerprint density at radius 2 is 2.14 bits per heavy atom. The van der Waals surface area contributed by atoms with Crippen LogP contribution in [0.25, 0.3) is 0 Å². The number of aromatic carboxylic acids is 1. The Hall–Kier alpha value is -2.43. The second kappa shape index (κ2) is 6.56. The first-order valence-corrected chi connectivity index (χ1v) is 7.59. The summed E-state index contributed by atoms with van der Waals surface area (Å²) < 4.78 is 0. The topological polar surface area (TPSA) is 75.1 Å². The molecule has 0 aromatic carbocycles. The van der Waals surface area contributed by atoms with Crippen LogP contribution in [-0.2, 0) is 6.42 Å². The van der Waals surface area contributed by atoms with Crippen LogP contribution < -0.4 is 5.32 Å². The van der Waals surface area contributed by atoms with Crippen LogP contribution in [-0.4, -0.2) is 27.1 Å². The second-order valence-electron chi connectivity index (χ2n) is 5.68. The first-order valence-electron chi connectivity index (χ1n) is 7.59. The van der Waals surface area contributed by atoms with E-state index in [9.17, 15) is 4.79 Å². The van der Waals surface area contributed by atoms with Crippen LogP contribution in [0.5, 0.6) is 0 Å². The summed E-state index contributed by atoms with van der Waals surface area (Å²) >= 11 is 0. The van der Waals surface area contributed by atoms with Gasteiger partial charge in [-0.2, -0.15) is 0 Å². The van der Waals surface area contributed by atoms with Gasteiger partial charge < -0.3 is 10.4 Å². The fourth-order valence-corrected chi connectivity index (χ4v) is 3.08. The van der Waals surface area contributed by atoms with Crippen molar-refractivity contribution in [1.29, 1.82) is 0 Å². The lowest BCUT2D eigenvalue weighted by Crippen LogP contribution is -2.26. The molecule has 2 heterocycles. The van der Waals surface area contributed by atoms with Crippen LogP contribution in [0.15, 0.2) is 42.6 Å². The normalized spacial score (nSPS) is 20.7. The van der Waals surface area contributed by atoms with Gasteiger partial charge in [0.25, 0.3) is 0 Å². The highest BCUT2D eigenvalue weighted by Crippen LogP contribution is 2.30. The summed E-state index contributed by atoms with van der Waals surface area (Å²) in [5, 5.41) is 12.4. The van der Waals surface area contributed by atoms with Crippen molar-refractivity contribution in [3.63, 3.8) is 0 Å². The van der Waals surface area contributed by atoms with E-state index in [0.717, 1.165) is 25.0 Å². The molecule has 1 fully saturated rings. The van der Waals surface area contributed by atoms with Crippen LogP contribution in [0.4, 0.5) is 5.82 Å². The number of anilines is 1. The molecule has 3 rings (SSSR count). The smallest absolute Gasteiger partial charge is 0.354 e. The second-order valence-corrected chi connectivity index (χ2v) is 5.68. The van der Waals surface area contributed by atoms with Crippen molar-refractivity contribution < 1.29 is 9.90 Å². The lowest BCUT2D eigenvalue weighted by Gasteiger charge is -2.21. The SMILES string of the molecule is O=C(O)c1cccc(NC2CCCC2Cc2ccccn2)n1. The largest absolute Gasteiger partial charge is 0.477 e. The van der Waals surface area contributed by atoms with Crippen molar-refractivity contribution in [2.75, 3.05) is 5.32 Å². The molecule has 2 atom stereocenters. The van der Waals surface area contributed by atoms with Crippen LogP contribution >= 0.6 is 0 Å². The maximum Gasteiger partial charge on any atom is 0.354 e. The lowest BCUT2D eigenvalue weighted by atomic mass is 9.97. The highest BCUT2D eigenvalue weighted by molar-refractivity contribution is 5.85. The van der Waals surface area contributed by atoms with Gasteiger partial charge in [-0.3, -0.25) is 4.98 Å². The van der Waals surface area contributed by atoms with Gasteiger partial charge in [0.15, 0.2) is 5.69 Å². The zero-order chi connectivity index (χ0) is 15.4. The van der Waals surface area contributed by atoms with Crippen molar-refractivity contribution >= 4 is 11.8 Å². The summed E-state index contributed by atoms with van der Waals surface area (Å²) in [5.74, 6) is 0.142. The van der Waals surface area contributed by atoms with Crippen molar-refractivity contribution in [3.8, 4) is 0 Å². The highest BCUT2D eigenvalue weighted by atomic mass is 16.4. The van der Waals surface area contributed by atoms with Crippen LogP contribution in [0.2, 0.25) is 0 Å². The van der Waals surface area contributed by atoms with E-state index in [1.165, 1.54) is 12.5 Å². The number of nitrogens with zero attached hydrogens (tertiary/aromatic N) is 2. The van der Waals surface area contributed by atoms with E-state index in [0.29, 0.717) is 17.8 Å². The standard InChI is InChI=1S/C17H19N3O2/c21-17(22)15-8-4-9-16(20-15)19-14-7-3-5-12(14)11-13-6-1-2-10-18-13/h1-2,4,6,8-10,12,14H,3,5,7,11H2,(H,19,20)(H,21,22). The van der Waals surface area contributed by atoms with E-state index >= 15 is 0 Å². The van der Waals surface area contributed by atoms with Crippen molar-refractivity contribution in [2.45, 2.75) is 31.7 Å². The number of carbonyl (C=O) groups is 1. The van der Waals surface area contributed by atoms with Crippen LogP contribution in [0.1, 0.15) is 35.4 Å². The number of aromatic nitrogens is 2. The highest BCUT2D eigenvalue weighted by Gasteiger charge is 2.28. The summed E-state index contributed by atoms with van der Waals surface area (Å²) in [7, 11) is 0. The fourth-order valence-electron chi connectivity index (χ4n) is 3.08. The van der Waals surface area contributed by atoms with Gasteiger partial charge in [-0.25, -0.2) is 9.78 Å². The first-order chi connectivity index (χ1) is 10.7. The molecule has 5 nitrogen and oxygen atoms in total. The van der Waals surface area contributed by atoms with Gasteiger partial charge in [-0.05, 0) is 49.4 Å². The number of rotatable bonds is 5. The lowest BCUT2D eigenvalue weighted by molar-refractivity contribution is 0.0690. The zero-order valence-electron chi connectivity index (χ0n) is 12.3. The minimum Gasteiger partial charge on any atom is -0.477 e. The number of carboxylic acid groups (broad SMARTS) is 1. The minimum absolute atomic E-state index is 0.0734. The molecule has 2 N–H and O–H groups in total. The van der Waals surface area contributed by atoms with E-state index in [1.807, 2.05) is 24.4 Å². The number of hydrogen-bond acceptors (Lipinski definition) is 4. The molecule has 1 aliphatic rings. The Morgan fingerprint density at radius 3 is 2.91 bits per heavy atom. The molecule has 0 spiro atoms. The minimum atomic E-state index is -1.000. The summed E-state index contributed by atoms with van der Waals surface area (Å²) in [6.07, 6.45) is 6.18. The van der Waals surface area contributed by atoms with Gasteiger partial charge in [0.05, 0.1) is 0 Å². The average Bonchev–Trinajstić information content (AvgIpc) is 2.95. The molecule has 114 valence electrons. The number of nitrogens with one attached hydrogen (secondary N) is 1. The molecule has 2 aromatic rings. The summed E-state index contributed by atoms with van der Waals surface area (Å²) in [6.45, 7) is 0. The Labute approximate surface area is 129 Å². The third kappa shape index (κ3) is 3.42. The first kappa shape index (κ1) is 14.5. The predicted molar refractivity (Wildman–Crippen MR) is 83.9 cm³/mol. The number of pyridine rings is 2. The third-order valence-corrected chi connectivity index (χ3v) is 4.16. The maximum atomic E-state index is 11.0. The molecule has 0 amide bonds. The Balaban J connectivity index is 1.68. The van der Waals surface area contributed by atoms with E-state index < -0.39 is 5.97 Å². The number of hydrogen-bond donors (Lipinski definition) is 2. The van der Waals surface area contributed by atoms with Gasteiger partial charge in [-0.1, -0.05) is 18.6 Å². The van der Waals surface area contributed by atoms with Crippen LogP contribution in [0, 0.1) is 5.92 Å². The van der Waals surface area contributed by atoms with Gasteiger partial charge in [-0.15, -0.1) is 0 Å². The van der Waals surface area contributed by atoms with E-state index in [2.05, 4.69) is 21.4 Å². The van der Waals surface area contributed by atoms with E-state index in [-0.39, 0.29) is 5.69 Å². The quantitative estimate of drug-likeness (QED) is 0.887. The molecule has 2 unspecified atom stereocenters. The maximum absolute atomic E-state index is 11.0. The molecule has 1 saturated carbocycles. The molecular formula is C17H19N3O2. The summed E-state index contributed by atoms with van der Waals surface area (Å²) in [5.41, 5.74) is 1.18. The molecule has 22 heavy (non-hydrogen) atoms. The van der Waals surface area contributed by atoms with E-state index in [4.69, 9.17) is 5.11 Å². The molecule has 2 aromatic heterocycles. The van der Waals surface area contributed by atoms with Crippen molar-refractivity contribution in [2.24, 2.45) is 5.92 Å². The fraction of sp³-hybridized carbons (Fsp3) is 0.353. The molecule has 5 heteroatoms. The molecule has 1 aliphatic carbocycles. The van der Waals surface area contributed by atoms with Crippen molar-refractivity contribution in [1.82, 2.24) is 9.97 Å².